The molecule has 3 rings (SSSR count). The molecule has 2 amide bonds. The molecule has 26 heavy (non-hydrogen) atoms. The normalized spacial score (nSPS) is 19.2. The van der Waals surface area contributed by atoms with E-state index in [0.29, 0.717) is 67.8 Å². The van der Waals surface area contributed by atoms with Gasteiger partial charge in [0.1, 0.15) is 0 Å². The fourth-order valence-electron chi connectivity index (χ4n) is 3.30. The van der Waals surface area contributed by atoms with Crippen molar-refractivity contribution in [1.29, 1.82) is 0 Å². The molecule has 2 heterocycles. The minimum absolute atomic E-state index is 0.00324. The van der Waals surface area contributed by atoms with Gasteiger partial charge < -0.3 is 14.5 Å². The third kappa shape index (κ3) is 4.58. The van der Waals surface area contributed by atoms with Gasteiger partial charge in [-0.25, -0.2) is 0 Å². The van der Waals surface area contributed by atoms with E-state index in [1.54, 1.807) is 23.1 Å². The average Bonchev–Trinajstić information content (AvgIpc) is 2.69. The molecule has 2 aliphatic rings. The maximum absolute atomic E-state index is 12.5. The van der Waals surface area contributed by atoms with Crippen LogP contribution >= 0.6 is 23.2 Å². The van der Waals surface area contributed by atoms with Crippen molar-refractivity contribution < 1.29 is 14.3 Å². The highest BCUT2D eigenvalue weighted by molar-refractivity contribution is 6.42. The molecule has 0 aromatic heterocycles. The Balaban J connectivity index is 1.52. The first-order valence-electron chi connectivity index (χ1n) is 8.84. The molecule has 0 unspecified atom stereocenters. The number of carbonyl (C=O) groups is 2. The average molecular weight is 397 g/mol. The van der Waals surface area contributed by atoms with Crippen molar-refractivity contribution in [1.82, 2.24) is 9.80 Å². The van der Waals surface area contributed by atoms with Crippen molar-refractivity contribution in [3.63, 3.8) is 0 Å². The van der Waals surface area contributed by atoms with E-state index in [0.717, 1.165) is 0 Å². The van der Waals surface area contributed by atoms with E-state index in [2.05, 4.69) is 0 Å². The number of piperidine rings is 1. The fraction of sp³-hybridized carbons (Fsp3) is 0.474. The van der Waals surface area contributed by atoms with Crippen LogP contribution in [0.4, 0.5) is 0 Å². The van der Waals surface area contributed by atoms with Crippen LogP contribution in [0.25, 0.3) is 6.08 Å². The fourth-order valence-corrected chi connectivity index (χ4v) is 3.68. The number of rotatable bonds is 3. The summed E-state index contributed by atoms with van der Waals surface area (Å²) in [7, 11) is 0. The van der Waals surface area contributed by atoms with Gasteiger partial charge in [0.05, 0.1) is 23.3 Å². The van der Waals surface area contributed by atoms with Crippen LogP contribution in [0.3, 0.4) is 0 Å². The monoisotopic (exact) mass is 396 g/mol. The molecule has 2 aliphatic heterocycles. The zero-order chi connectivity index (χ0) is 18.5. The molecule has 0 aliphatic carbocycles. The first kappa shape index (κ1) is 19.2. The summed E-state index contributed by atoms with van der Waals surface area (Å²) in [5.74, 6) is 0.128. The first-order valence-corrected chi connectivity index (χ1v) is 9.59. The van der Waals surface area contributed by atoms with E-state index in [4.69, 9.17) is 27.9 Å². The summed E-state index contributed by atoms with van der Waals surface area (Å²) < 4.78 is 5.29. The third-order valence-electron chi connectivity index (χ3n) is 4.87. The zero-order valence-electron chi connectivity index (χ0n) is 14.5. The Morgan fingerprint density at radius 3 is 2.42 bits per heavy atom. The van der Waals surface area contributed by atoms with E-state index < -0.39 is 0 Å². The van der Waals surface area contributed by atoms with Crippen LogP contribution in [-0.2, 0) is 14.3 Å². The van der Waals surface area contributed by atoms with Crippen molar-refractivity contribution in [2.45, 2.75) is 12.8 Å². The number of hydrogen-bond acceptors (Lipinski definition) is 3. The molecule has 1 aromatic rings. The van der Waals surface area contributed by atoms with Gasteiger partial charge in [0.15, 0.2) is 0 Å². The maximum Gasteiger partial charge on any atom is 0.246 e. The molecular formula is C19H22Cl2N2O3. The summed E-state index contributed by atoms with van der Waals surface area (Å²) in [5, 5.41) is 0.900. The Bertz CT molecular complexity index is 694. The highest BCUT2D eigenvalue weighted by atomic mass is 35.5. The smallest absolute Gasteiger partial charge is 0.246 e. The van der Waals surface area contributed by atoms with Crippen molar-refractivity contribution in [2.24, 2.45) is 5.92 Å². The molecule has 2 fully saturated rings. The lowest BCUT2D eigenvalue weighted by atomic mass is 9.95. The Morgan fingerprint density at radius 2 is 1.73 bits per heavy atom. The number of likely N-dealkylation sites (tertiary alicyclic amines) is 1. The summed E-state index contributed by atoms with van der Waals surface area (Å²) in [6.07, 6.45) is 4.60. The minimum atomic E-state index is -0.0710. The van der Waals surface area contributed by atoms with Gasteiger partial charge in [0, 0.05) is 38.2 Å². The number of amides is 2. The van der Waals surface area contributed by atoms with Crippen molar-refractivity contribution in [3.8, 4) is 0 Å². The zero-order valence-corrected chi connectivity index (χ0v) is 16.0. The van der Waals surface area contributed by atoms with Gasteiger partial charge in [-0.05, 0) is 30.5 Å². The van der Waals surface area contributed by atoms with Crippen LogP contribution < -0.4 is 0 Å². The second-order valence-corrected chi connectivity index (χ2v) is 7.30. The number of carbonyl (C=O) groups excluding carboxylic acids is 2. The largest absolute Gasteiger partial charge is 0.378 e. The van der Waals surface area contributed by atoms with E-state index in [-0.39, 0.29) is 17.7 Å². The predicted octanol–water partition coefficient (Wildman–Crippen LogP) is 3.10. The molecule has 0 saturated carbocycles. The van der Waals surface area contributed by atoms with Crippen molar-refractivity contribution in [2.75, 3.05) is 39.4 Å². The second-order valence-electron chi connectivity index (χ2n) is 6.51. The summed E-state index contributed by atoms with van der Waals surface area (Å²) in [5.41, 5.74) is 0.713. The Hall–Kier alpha value is -1.56. The van der Waals surface area contributed by atoms with Crippen LogP contribution in [0, 0.1) is 5.92 Å². The lowest BCUT2D eigenvalue weighted by Gasteiger charge is -2.35. The Labute approximate surface area is 163 Å². The van der Waals surface area contributed by atoms with Crippen LogP contribution in [0.15, 0.2) is 24.3 Å². The Kier molecular flexibility index (Phi) is 6.57. The van der Waals surface area contributed by atoms with Crippen LogP contribution in [-0.4, -0.2) is 61.0 Å². The topological polar surface area (TPSA) is 49.9 Å². The maximum atomic E-state index is 12.5. The molecule has 0 spiro atoms. The van der Waals surface area contributed by atoms with Gasteiger partial charge >= 0.3 is 0 Å². The Morgan fingerprint density at radius 1 is 1.04 bits per heavy atom. The van der Waals surface area contributed by atoms with Gasteiger partial charge in [0.25, 0.3) is 0 Å². The predicted molar refractivity (Wildman–Crippen MR) is 102 cm³/mol. The van der Waals surface area contributed by atoms with Gasteiger partial charge in [-0.15, -0.1) is 0 Å². The highest BCUT2D eigenvalue weighted by Crippen LogP contribution is 2.26. The van der Waals surface area contributed by atoms with Gasteiger partial charge in [-0.1, -0.05) is 35.3 Å². The number of ether oxygens (including phenoxy) is 1. The SMILES string of the molecule is O=C(/C=C/c1cccc(Cl)c1Cl)N1CCC(C(=O)N2CCOCC2)CC1. The van der Waals surface area contributed by atoms with E-state index in [1.807, 2.05) is 11.0 Å². The first-order chi connectivity index (χ1) is 12.6. The van der Waals surface area contributed by atoms with Gasteiger partial charge in [0.2, 0.25) is 11.8 Å². The van der Waals surface area contributed by atoms with Crippen LogP contribution in [0.5, 0.6) is 0 Å². The number of benzene rings is 1. The van der Waals surface area contributed by atoms with Gasteiger partial charge in [-0.2, -0.15) is 0 Å². The summed E-state index contributed by atoms with van der Waals surface area (Å²) in [6, 6.07) is 5.31. The highest BCUT2D eigenvalue weighted by Gasteiger charge is 2.30. The molecule has 0 N–H and O–H groups in total. The van der Waals surface area contributed by atoms with Gasteiger partial charge in [-0.3, -0.25) is 9.59 Å². The second kappa shape index (κ2) is 8.89. The molecule has 2 saturated heterocycles. The van der Waals surface area contributed by atoms with Crippen LogP contribution in [0.2, 0.25) is 10.0 Å². The standard InChI is InChI=1S/C19H22Cl2N2O3/c20-16-3-1-2-14(18(16)21)4-5-17(24)22-8-6-15(7-9-22)19(25)23-10-12-26-13-11-23/h1-5,15H,6-13H2/b5-4+. The van der Waals surface area contributed by atoms with Crippen LogP contribution in [0.1, 0.15) is 18.4 Å². The van der Waals surface area contributed by atoms with Crippen molar-refractivity contribution >= 4 is 41.1 Å². The number of nitrogens with zero attached hydrogens (tertiary/aromatic N) is 2. The molecular weight excluding hydrogens is 375 g/mol. The quantitative estimate of drug-likeness (QED) is 0.737. The number of hydrogen-bond donors (Lipinski definition) is 0. The lowest BCUT2D eigenvalue weighted by molar-refractivity contribution is -0.142. The molecule has 1 aromatic carbocycles. The third-order valence-corrected chi connectivity index (χ3v) is 5.70. The molecule has 0 atom stereocenters. The van der Waals surface area contributed by atoms with E-state index in [1.165, 1.54) is 6.08 Å². The summed E-state index contributed by atoms with van der Waals surface area (Å²) in [4.78, 5) is 28.6. The molecule has 0 radical (unpaired) electrons. The number of halogens is 2. The van der Waals surface area contributed by atoms with E-state index >= 15 is 0 Å². The summed E-state index contributed by atoms with van der Waals surface area (Å²) >= 11 is 12.1. The molecule has 5 nitrogen and oxygen atoms in total. The van der Waals surface area contributed by atoms with Crippen molar-refractivity contribution in [3.05, 3.63) is 39.9 Å². The lowest BCUT2D eigenvalue weighted by Crippen LogP contribution is -2.47. The number of morpholine rings is 1. The minimum Gasteiger partial charge on any atom is -0.378 e. The van der Waals surface area contributed by atoms with E-state index in [9.17, 15) is 9.59 Å². The summed E-state index contributed by atoms with van der Waals surface area (Å²) in [6.45, 7) is 3.74. The molecule has 7 heteroatoms. The molecule has 0 bridgehead atoms. The molecule has 140 valence electrons.